The van der Waals surface area contributed by atoms with Crippen molar-refractivity contribution in [1.82, 2.24) is 5.32 Å². The highest BCUT2D eigenvalue weighted by Crippen LogP contribution is 2.28. The van der Waals surface area contributed by atoms with E-state index in [-0.39, 0.29) is 18.4 Å². The second kappa shape index (κ2) is 9.08. The lowest BCUT2D eigenvalue weighted by Gasteiger charge is -2.12. The predicted octanol–water partition coefficient (Wildman–Crippen LogP) is 3.33. The first kappa shape index (κ1) is 19.5. The van der Waals surface area contributed by atoms with Gasteiger partial charge in [0.25, 0.3) is 11.8 Å². The number of nitrogens with one attached hydrogen (secondary N) is 2. The lowest BCUT2D eigenvalue weighted by molar-refractivity contribution is -0.118. The van der Waals surface area contributed by atoms with Crippen LogP contribution in [0.3, 0.4) is 0 Å². The Balaban J connectivity index is 1.52. The first-order valence-corrected chi connectivity index (χ1v) is 9.20. The molecule has 6 nitrogen and oxygen atoms in total. The van der Waals surface area contributed by atoms with E-state index in [1.54, 1.807) is 37.4 Å². The van der Waals surface area contributed by atoms with Crippen molar-refractivity contribution in [2.45, 2.75) is 25.3 Å². The van der Waals surface area contributed by atoms with Crippen LogP contribution in [0.2, 0.25) is 0 Å². The molecule has 0 saturated heterocycles. The van der Waals surface area contributed by atoms with E-state index in [2.05, 4.69) is 17.2 Å². The van der Waals surface area contributed by atoms with Crippen LogP contribution in [0.5, 0.6) is 11.5 Å². The monoisotopic (exact) mass is 380 g/mol. The van der Waals surface area contributed by atoms with Crippen LogP contribution in [0.15, 0.2) is 55.1 Å². The van der Waals surface area contributed by atoms with Crippen LogP contribution in [-0.4, -0.2) is 31.6 Å². The highest BCUT2D eigenvalue weighted by molar-refractivity contribution is 5.96. The molecule has 0 unspecified atom stereocenters. The normalized spacial score (nSPS) is 12.8. The van der Waals surface area contributed by atoms with Gasteiger partial charge in [-0.2, -0.15) is 0 Å². The van der Waals surface area contributed by atoms with Crippen molar-refractivity contribution in [2.24, 2.45) is 0 Å². The van der Waals surface area contributed by atoms with Crippen molar-refractivity contribution in [2.75, 3.05) is 19.0 Å². The Morgan fingerprint density at radius 1 is 1.14 bits per heavy atom. The first-order valence-electron chi connectivity index (χ1n) is 9.20. The molecule has 1 aliphatic carbocycles. The summed E-state index contributed by atoms with van der Waals surface area (Å²) in [5.41, 5.74) is 2.23. The average molecular weight is 380 g/mol. The summed E-state index contributed by atoms with van der Waals surface area (Å²) in [4.78, 5) is 24.1. The van der Waals surface area contributed by atoms with Gasteiger partial charge in [-0.05, 0) is 61.2 Å². The topological polar surface area (TPSA) is 76.7 Å². The van der Waals surface area contributed by atoms with E-state index in [9.17, 15) is 9.59 Å². The molecule has 3 rings (SSSR count). The third-order valence-electron chi connectivity index (χ3n) is 4.31. The van der Waals surface area contributed by atoms with Crippen LogP contribution < -0.4 is 20.1 Å². The quantitative estimate of drug-likeness (QED) is 0.654. The van der Waals surface area contributed by atoms with Gasteiger partial charge >= 0.3 is 0 Å². The molecule has 0 spiro atoms. The van der Waals surface area contributed by atoms with Crippen molar-refractivity contribution in [3.05, 3.63) is 66.2 Å². The number of anilines is 1. The number of carbonyl (C=O) groups is 2. The van der Waals surface area contributed by atoms with E-state index < -0.39 is 0 Å². The minimum Gasteiger partial charge on any atom is -0.493 e. The van der Waals surface area contributed by atoms with Gasteiger partial charge in [-0.3, -0.25) is 9.59 Å². The number of ether oxygens (including phenoxy) is 2. The lowest BCUT2D eigenvalue weighted by Crippen LogP contribution is -2.25. The highest BCUT2D eigenvalue weighted by Gasteiger charge is 2.23. The molecule has 1 saturated carbocycles. The van der Waals surface area contributed by atoms with Gasteiger partial charge in [-0.25, -0.2) is 0 Å². The Morgan fingerprint density at radius 3 is 2.54 bits per heavy atom. The smallest absolute Gasteiger partial charge is 0.262 e. The van der Waals surface area contributed by atoms with Gasteiger partial charge in [0.05, 0.1) is 7.11 Å². The standard InChI is InChI=1S/C22H24N2O4/c1-3-4-15-5-12-19(20(13-15)27-2)28-14-21(25)23-17-8-6-16(7-9-17)22(26)24-18-10-11-18/h3,5-9,12-13,18H,1,4,10-11,14H2,2H3,(H,23,25)(H,24,26). The second-order valence-electron chi connectivity index (χ2n) is 6.64. The molecule has 0 atom stereocenters. The van der Waals surface area contributed by atoms with Crippen molar-refractivity contribution in [3.63, 3.8) is 0 Å². The molecule has 2 N–H and O–H groups in total. The van der Waals surface area contributed by atoms with Crippen LogP contribution in [0.25, 0.3) is 0 Å². The number of allylic oxidation sites excluding steroid dienone is 1. The second-order valence-corrected chi connectivity index (χ2v) is 6.64. The number of rotatable bonds is 9. The Labute approximate surface area is 164 Å². The fraction of sp³-hybridized carbons (Fsp3) is 0.273. The maximum atomic E-state index is 12.2. The zero-order valence-corrected chi connectivity index (χ0v) is 15.9. The minimum atomic E-state index is -0.299. The van der Waals surface area contributed by atoms with E-state index in [1.165, 1.54) is 0 Å². The van der Waals surface area contributed by atoms with Gasteiger partial charge in [0.15, 0.2) is 18.1 Å². The molecule has 0 heterocycles. The summed E-state index contributed by atoms with van der Waals surface area (Å²) < 4.78 is 10.9. The number of carbonyl (C=O) groups excluding carboxylic acids is 2. The molecular weight excluding hydrogens is 356 g/mol. The molecule has 28 heavy (non-hydrogen) atoms. The summed E-state index contributed by atoms with van der Waals surface area (Å²) in [7, 11) is 1.56. The Kier molecular flexibility index (Phi) is 6.32. The van der Waals surface area contributed by atoms with Crippen molar-refractivity contribution in [3.8, 4) is 11.5 Å². The summed E-state index contributed by atoms with van der Waals surface area (Å²) in [6.45, 7) is 3.56. The summed E-state index contributed by atoms with van der Waals surface area (Å²) in [6.07, 6.45) is 4.62. The number of methoxy groups -OCH3 is 1. The molecule has 6 heteroatoms. The zero-order chi connectivity index (χ0) is 19.9. The molecule has 2 amide bonds. The third kappa shape index (κ3) is 5.36. The Hall–Kier alpha value is -3.28. The van der Waals surface area contributed by atoms with Crippen molar-refractivity contribution < 1.29 is 19.1 Å². The molecule has 0 aromatic heterocycles. The summed E-state index contributed by atoms with van der Waals surface area (Å²) >= 11 is 0. The number of hydrogen-bond acceptors (Lipinski definition) is 4. The van der Waals surface area contributed by atoms with Gasteiger partial charge in [-0.1, -0.05) is 12.1 Å². The van der Waals surface area contributed by atoms with E-state index in [0.29, 0.717) is 28.8 Å². The fourth-order valence-electron chi connectivity index (χ4n) is 2.67. The maximum absolute atomic E-state index is 12.2. The molecule has 1 aliphatic rings. The number of benzene rings is 2. The van der Waals surface area contributed by atoms with Crippen LogP contribution in [0, 0.1) is 0 Å². The van der Waals surface area contributed by atoms with E-state index >= 15 is 0 Å². The summed E-state index contributed by atoms with van der Waals surface area (Å²) in [5, 5.41) is 5.68. The molecule has 146 valence electrons. The number of hydrogen-bond donors (Lipinski definition) is 2. The first-order chi connectivity index (χ1) is 13.6. The average Bonchev–Trinajstić information content (AvgIpc) is 3.51. The molecule has 2 aromatic carbocycles. The van der Waals surface area contributed by atoms with E-state index in [4.69, 9.17) is 9.47 Å². The van der Waals surface area contributed by atoms with Crippen LogP contribution in [0.1, 0.15) is 28.8 Å². The lowest BCUT2D eigenvalue weighted by atomic mass is 10.1. The van der Waals surface area contributed by atoms with Crippen LogP contribution in [0.4, 0.5) is 5.69 Å². The zero-order valence-electron chi connectivity index (χ0n) is 15.9. The number of amides is 2. The van der Waals surface area contributed by atoms with Crippen molar-refractivity contribution >= 4 is 17.5 Å². The Bertz CT molecular complexity index is 857. The van der Waals surface area contributed by atoms with Gasteiger partial charge in [0.2, 0.25) is 0 Å². The summed E-state index contributed by atoms with van der Waals surface area (Å²) in [6, 6.07) is 12.6. The van der Waals surface area contributed by atoms with E-state index in [1.807, 2.05) is 18.2 Å². The van der Waals surface area contributed by atoms with Gasteiger partial charge in [0.1, 0.15) is 0 Å². The summed E-state index contributed by atoms with van der Waals surface area (Å²) in [5.74, 6) is 0.679. The molecule has 0 bridgehead atoms. The molecule has 0 aliphatic heterocycles. The Morgan fingerprint density at radius 2 is 1.89 bits per heavy atom. The third-order valence-corrected chi connectivity index (χ3v) is 4.31. The fourth-order valence-corrected chi connectivity index (χ4v) is 2.67. The molecular formula is C22H24N2O4. The minimum absolute atomic E-state index is 0.0873. The van der Waals surface area contributed by atoms with Gasteiger partial charge < -0.3 is 20.1 Å². The van der Waals surface area contributed by atoms with Gasteiger partial charge in [-0.15, -0.1) is 6.58 Å². The molecule has 2 aromatic rings. The van der Waals surface area contributed by atoms with Crippen LogP contribution >= 0.6 is 0 Å². The molecule has 0 radical (unpaired) electrons. The predicted molar refractivity (Wildman–Crippen MR) is 108 cm³/mol. The maximum Gasteiger partial charge on any atom is 0.262 e. The highest BCUT2D eigenvalue weighted by atomic mass is 16.5. The van der Waals surface area contributed by atoms with Crippen LogP contribution in [-0.2, 0) is 11.2 Å². The molecule has 1 fully saturated rings. The SMILES string of the molecule is C=CCc1ccc(OCC(=O)Nc2ccc(C(=O)NC3CC3)cc2)c(OC)c1. The largest absolute Gasteiger partial charge is 0.493 e. The van der Waals surface area contributed by atoms with Gasteiger partial charge in [0, 0.05) is 17.3 Å². The van der Waals surface area contributed by atoms with Crippen molar-refractivity contribution in [1.29, 1.82) is 0 Å². The van der Waals surface area contributed by atoms with E-state index in [0.717, 1.165) is 24.8 Å².